The molecule has 102 valence electrons. The van der Waals surface area contributed by atoms with Crippen LogP contribution in [-0.4, -0.2) is 33.5 Å². The van der Waals surface area contributed by atoms with E-state index in [0.29, 0.717) is 18.5 Å². The van der Waals surface area contributed by atoms with Gasteiger partial charge in [-0.2, -0.15) is 4.39 Å². The maximum Gasteiger partial charge on any atom is 0.320 e. The average molecular weight is 268 g/mol. The third-order valence-electron chi connectivity index (χ3n) is 3.24. The number of hydrogen-bond acceptors (Lipinski definition) is 4. The number of aliphatic carboxylic acids is 1. The SMILES string of the molecule is O=C(O)C1CCCN1Cc1ccc([N+](=O)[O-])c(F)c1. The highest BCUT2D eigenvalue weighted by Gasteiger charge is 2.30. The maximum atomic E-state index is 13.5. The van der Waals surface area contributed by atoms with Gasteiger partial charge in [-0.15, -0.1) is 0 Å². The first-order chi connectivity index (χ1) is 8.99. The summed E-state index contributed by atoms with van der Waals surface area (Å²) in [5, 5.41) is 19.5. The number of halogens is 1. The number of likely N-dealkylation sites (tertiary alicyclic amines) is 1. The Hall–Kier alpha value is -2.02. The molecule has 2 rings (SSSR count). The van der Waals surface area contributed by atoms with Crippen molar-refractivity contribution in [3.63, 3.8) is 0 Å². The minimum atomic E-state index is -0.895. The largest absolute Gasteiger partial charge is 0.480 e. The first kappa shape index (κ1) is 13.4. The van der Waals surface area contributed by atoms with Gasteiger partial charge < -0.3 is 5.11 Å². The van der Waals surface area contributed by atoms with E-state index in [-0.39, 0.29) is 6.54 Å². The molecule has 1 atom stereocenters. The second-order valence-corrected chi connectivity index (χ2v) is 4.51. The molecule has 7 heteroatoms. The average Bonchev–Trinajstić information content (AvgIpc) is 2.76. The Morgan fingerprint density at radius 1 is 1.58 bits per heavy atom. The van der Waals surface area contributed by atoms with Gasteiger partial charge in [0.1, 0.15) is 6.04 Å². The minimum absolute atomic E-state index is 0.284. The van der Waals surface area contributed by atoms with E-state index in [9.17, 15) is 19.3 Å². The zero-order valence-corrected chi connectivity index (χ0v) is 10.1. The molecule has 1 aromatic rings. The Balaban J connectivity index is 2.13. The molecule has 0 spiro atoms. The van der Waals surface area contributed by atoms with Gasteiger partial charge >= 0.3 is 11.7 Å². The van der Waals surface area contributed by atoms with Gasteiger partial charge in [0.25, 0.3) is 0 Å². The molecule has 0 saturated carbocycles. The van der Waals surface area contributed by atoms with E-state index < -0.39 is 28.4 Å². The Bertz CT molecular complexity index is 520. The number of carboxylic acid groups (broad SMARTS) is 1. The smallest absolute Gasteiger partial charge is 0.320 e. The number of nitro benzene ring substituents is 1. The van der Waals surface area contributed by atoms with Crippen molar-refractivity contribution in [1.29, 1.82) is 0 Å². The van der Waals surface area contributed by atoms with Crippen LogP contribution in [0, 0.1) is 15.9 Å². The van der Waals surface area contributed by atoms with Gasteiger partial charge in [0.15, 0.2) is 0 Å². The molecule has 1 N–H and O–H groups in total. The lowest BCUT2D eigenvalue weighted by atomic mass is 10.1. The van der Waals surface area contributed by atoms with E-state index in [4.69, 9.17) is 5.11 Å². The topological polar surface area (TPSA) is 83.7 Å². The molecule has 19 heavy (non-hydrogen) atoms. The molecule has 0 aliphatic carbocycles. The number of rotatable bonds is 4. The maximum absolute atomic E-state index is 13.5. The summed E-state index contributed by atoms with van der Waals surface area (Å²) in [4.78, 5) is 22.5. The molecule has 1 aliphatic rings. The van der Waals surface area contributed by atoms with E-state index in [1.54, 1.807) is 4.90 Å². The molecule has 1 unspecified atom stereocenters. The zero-order valence-electron chi connectivity index (χ0n) is 10.1. The first-order valence-electron chi connectivity index (χ1n) is 5.88. The van der Waals surface area contributed by atoms with Crippen molar-refractivity contribution < 1.29 is 19.2 Å². The van der Waals surface area contributed by atoms with Crippen LogP contribution in [-0.2, 0) is 11.3 Å². The summed E-state index contributed by atoms with van der Waals surface area (Å²) in [6.07, 6.45) is 1.36. The van der Waals surface area contributed by atoms with Gasteiger partial charge in [0, 0.05) is 12.6 Å². The molecule has 0 aromatic heterocycles. The number of carbonyl (C=O) groups is 1. The third kappa shape index (κ3) is 2.87. The summed E-state index contributed by atoms with van der Waals surface area (Å²) >= 11 is 0. The standard InChI is InChI=1S/C12H13FN2O4/c13-9-6-8(3-4-10(9)15(18)19)7-14-5-1-2-11(14)12(16)17/h3-4,6,11H,1-2,5,7H2,(H,16,17). The van der Waals surface area contributed by atoms with Crippen molar-refractivity contribution in [3.8, 4) is 0 Å². The summed E-state index contributed by atoms with van der Waals surface area (Å²) in [5.74, 6) is -1.78. The molecule has 1 saturated heterocycles. The van der Waals surface area contributed by atoms with Crippen molar-refractivity contribution in [2.45, 2.75) is 25.4 Å². The van der Waals surface area contributed by atoms with Gasteiger partial charge in [0.05, 0.1) is 4.92 Å². The second-order valence-electron chi connectivity index (χ2n) is 4.51. The predicted octanol–water partition coefficient (Wildman–Crippen LogP) is 1.78. The lowest BCUT2D eigenvalue weighted by molar-refractivity contribution is -0.387. The quantitative estimate of drug-likeness (QED) is 0.664. The fourth-order valence-electron chi connectivity index (χ4n) is 2.33. The molecule has 6 nitrogen and oxygen atoms in total. The molecule has 1 heterocycles. The van der Waals surface area contributed by atoms with Gasteiger partial charge in [0.2, 0.25) is 5.82 Å². The van der Waals surface area contributed by atoms with Gasteiger partial charge in [-0.1, -0.05) is 6.07 Å². The van der Waals surface area contributed by atoms with Crippen molar-refractivity contribution in [1.82, 2.24) is 4.90 Å². The Morgan fingerprint density at radius 2 is 2.32 bits per heavy atom. The fourth-order valence-corrected chi connectivity index (χ4v) is 2.33. The Kier molecular flexibility index (Phi) is 3.75. The molecule has 0 amide bonds. The van der Waals surface area contributed by atoms with E-state index in [1.807, 2.05) is 0 Å². The van der Waals surface area contributed by atoms with Crippen LogP contribution in [0.5, 0.6) is 0 Å². The molecular weight excluding hydrogens is 255 g/mol. The Morgan fingerprint density at radius 3 is 2.89 bits per heavy atom. The highest BCUT2D eigenvalue weighted by atomic mass is 19.1. The molecule has 1 aliphatic heterocycles. The molecular formula is C12H13FN2O4. The van der Waals surface area contributed by atoms with Crippen molar-refractivity contribution in [2.24, 2.45) is 0 Å². The number of nitro groups is 1. The molecule has 1 fully saturated rings. The number of hydrogen-bond donors (Lipinski definition) is 1. The third-order valence-corrected chi connectivity index (χ3v) is 3.24. The fraction of sp³-hybridized carbons (Fsp3) is 0.417. The van der Waals surface area contributed by atoms with Crippen molar-refractivity contribution >= 4 is 11.7 Å². The van der Waals surface area contributed by atoms with Crippen molar-refractivity contribution in [2.75, 3.05) is 6.54 Å². The summed E-state index contributed by atoms with van der Waals surface area (Å²) in [7, 11) is 0. The normalized spacial score (nSPS) is 19.5. The highest BCUT2D eigenvalue weighted by Crippen LogP contribution is 2.23. The number of carboxylic acids is 1. The summed E-state index contributed by atoms with van der Waals surface area (Å²) in [5.41, 5.74) is -0.0313. The summed E-state index contributed by atoms with van der Waals surface area (Å²) in [6, 6.07) is 3.10. The molecule has 0 radical (unpaired) electrons. The Labute approximate surface area is 108 Å². The van der Waals surface area contributed by atoms with Crippen LogP contribution in [0.25, 0.3) is 0 Å². The van der Waals surface area contributed by atoms with Crippen LogP contribution in [0.15, 0.2) is 18.2 Å². The van der Waals surface area contributed by atoms with Gasteiger partial charge in [-0.3, -0.25) is 19.8 Å². The highest BCUT2D eigenvalue weighted by molar-refractivity contribution is 5.73. The van der Waals surface area contributed by atoms with Gasteiger partial charge in [-0.05, 0) is 31.0 Å². The van der Waals surface area contributed by atoms with Crippen LogP contribution in [0.1, 0.15) is 18.4 Å². The van der Waals surface area contributed by atoms with E-state index in [0.717, 1.165) is 18.6 Å². The minimum Gasteiger partial charge on any atom is -0.480 e. The lowest BCUT2D eigenvalue weighted by Crippen LogP contribution is -2.35. The van der Waals surface area contributed by atoms with E-state index in [2.05, 4.69) is 0 Å². The van der Waals surface area contributed by atoms with Crippen LogP contribution in [0.2, 0.25) is 0 Å². The van der Waals surface area contributed by atoms with E-state index in [1.165, 1.54) is 6.07 Å². The second kappa shape index (κ2) is 5.31. The number of nitrogens with zero attached hydrogens (tertiary/aromatic N) is 2. The number of benzene rings is 1. The molecule has 1 aromatic carbocycles. The lowest BCUT2D eigenvalue weighted by Gasteiger charge is -2.20. The monoisotopic (exact) mass is 268 g/mol. The van der Waals surface area contributed by atoms with Crippen LogP contribution in [0.3, 0.4) is 0 Å². The predicted molar refractivity (Wildman–Crippen MR) is 64.1 cm³/mol. The van der Waals surface area contributed by atoms with Crippen LogP contribution in [0.4, 0.5) is 10.1 Å². The molecule has 0 bridgehead atoms. The zero-order chi connectivity index (χ0) is 14.0. The van der Waals surface area contributed by atoms with Crippen LogP contribution < -0.4 is 0 Å². The first-order valence-corrected chi connectivity index (χ1v) is 5.88. The van der Waals surface area contributed by atoms with Crippen molar-refractivity contribution in [3.05, 3.63) is 39.7 Å². The summed E-state index contributed by atoms with van der Waals surface area (Å²) < 4.78 is 13.5. The van der Waals surface area contributed by atoms with Gasteiger partial charge in [-0.25, -0.2) is 0 Å². The van der Waals surface area contributed by atoms with E-state index >= 15 is 0 Å². The summed E-state index contributed by atoms with van der Waals surface area (Å²) in [6.45, 7) is 0.918. The van der Waals surface area contributed by atoms with Crippen LogP contribution >= 0.6 is 0 Å².